The van der Waals surface area contributed by atoms with E-state index in [0.29, 0.717) is 5.92 Å². The number of benzene rings is 1. The molecule has 128 valence electrons. The highest BCUT2D eigenvalue weighted by Crippen LogP contribution is 2.39. The van der Waals surface area contributed by atoms with Crippen molar-refractivity contribution >= 4 is 65.6 Å². The fraction of sp³-hybridized carbons (Fsp3) is 0.588. The molecular formula is C17H23Br2NOS2. The van der Waals surface area contributed by atoms with Gasteiger partial charge < -0.3 is 9.72 Å². The second kappa shape index (κ2) is 8.97. The molecule has 1 aromatic carbocycles. The van der Waals surface area contributed by atoms with Crippen LogP contribution in [0, 0.1) is 9.87 Å². The summed E-state index contributed by atoms with van der Waals surface area (Å²) in [5.41, 5.74) is 0.999. The molecule has 2 aromatic rings. The molecule has 0 saturated heterocycles. The second-order valence-electron chi connectivity index (χ2n) is 5.90. The summed E-state index contributed by atoms with van der Waals surface area (Å²) in [6.45, 7) is 4.37. The molecule has 6 heteroatoms. The predicted molar refractivity (Wildman–Crippen MR) is 111 cm³/mol. The van der Waals surface area contributed by atoms with Crippen LogP contribution in [-0.4, -0.2) is 14.8 Å². The summed E-state index contributed by atoms with van der Waals surface area (Å²) in [5.74, 6) is 1.31. The maximum Gasteiger partial charge on any atom is 0.163 e. The van der Waals surface area contributed by atoms with E-state index in [4.69, 9.17) is 17.0 Å². The van der Waals surface area contributed by atoms with Crippen LogP contribution in [0.1, 0.15) is 46.0 Å². The SMILES string of the molecule is CCCCCC(CCBr)C(C)(Br)Oc1cccc2sc(=S)[nH]c12. The van der Waals surface area contributed by atoms with Crippen LogP contribution >= 0.6 is 55.4 Å². The van der Waals surface area contributed by atoms with Crippen LogP contribution < -0.4 is 4.74 Å². The van der Waals surface area contributed by atoms with Crippen LogP contribution in [-0.2, 0) is 0 Å². The van der Waals surface area contributed by atoms with E-state index >= 15 is 0 Å². The maximum atomic E-state index is 6.40. The van der Waals surface area contributed by atoms with Crippen LogP contribution in [0.25, 0.3) is 10.2 Å². The number of halogens is 2. The van der Waals surface area contributed by atoms with Gasteiger partial charge in [-0.2, -0.15) is 0 Å². The average molecular weight is 481 g/mol. The molecule has 2 rings (SSSR count). The quantitative estimate of drug-likeness (QED) is 0.229. The Bertz CT molecular complexity index is 681. The zero-order chi connectivity index (χ0) is 16.9. The molecule has 2 nitrogen and oxygen atoms in total. The summed E-state index contributed by atoms with van der Waals surface area (Å²) >= 11 is 14.3. The number of ether oxygens (including phenoxy) is 1. The van der Waals surface area contributed by atoms with E-state index in [9.17, 15) is 0 Å². The average Bonchev–Trinajstić information content (AvgIpc) is 2.88. The molecule has 0 aliphatic rings. The highest BCUT2D eigenvalue weighted by molar-refractivity contribution is 9.10. The number of fused-ring (bicyclic) bond motifs is 1. The number of unbranched alkanes of at least 4 members (excludes halogenated alkanes) is 2. The lowest BCUT2D eigenvalue weighted by atomic mass is 9.93. The highest BCUT2D eigenvalue weighted by atomic mass is 79.9. The molecule has 0 bridgehead atoms. The minimum Gasteiger partial charge on any atom is -0.474 e. The number of hydrogen-bond donors (Lipinski definition) is 1. The number of aromatic nitrogens is 1. The minimum absolute atomic E-state index is 0.389. The minimum atomic E-state index is -0.389. The Morgan fingerprint density at radius 2 is 2.13 bits per heavy atom. The Kier molecular flexibility index (Phi) is 7.57. The molecule has 0 spiro atoms. The molecular weight excluding hydrogens is 458 g/mol. The second-order valence-corrected chi connectivity index (χ2v) is 9.99. The maximum absolute atomic E-state index is 6.40. The van der Waals surface area contributed by atoms with Gasteiger partial charge in [-0.25, -0.2) is 0 Å². The smallest absolute Gasteiger partial charge is 0.163 e. The van der Waals surface area contributed by atoms with Gasteiger partial charge in [-0.3, -0.25) is 0 Å². The van der Waals surface area contributed by atoms with Gasteiger partial charge in [0.05, 0.1) is 4.70 Å². The van der Waals surface area contributed by atoms with Crippen LogP contribution in [0.4, 0.5) is 0 Å². The first kappa shape index (κ1) is 19.4. The van der Waals surface area contributed by atoms with Gasteiger partial charge in [0.25, 0.3) is 0 Å². The molecule has 0 saturated carbocycles. The van der Waals surface area contributed by atoms with Crippen LogP contribution in [0.2, 0.25) is 0 Å². The number of alkyl halides is 2. The molecule has 0 aliphatic heterocycles. The molecule has 0 fully saturated rings. The van der Waals surface area contributed by atoms with Crippen molar-refractivity contribution in [3.05, 3.63) is 22.2 Å². The topological polar surface area (TPSA) is 25.0 Å². The monoisotopic (exact) mass is 479 g/mol. The largest absolute Gasteiger partial charge is 0.474 e. The van der Waals surface area contributed by atoms with Gasteiger partial charge in [0, 0.05) is 11.2 Å². The Morgan fingerprint density at radius 1 is 1.35 bits per heavy atom. The van der Waals surface area contributed by atoms with Crippen LogP contribution in [0.5, 0.6) is 5.75 Å². The number of nitrogens with one attached hydrogen (secondary N) is 1. The van der Waals surface area contributed by atoms with Crippen molar-refractivity contribution in [1.29, 1.82) is 0 Å². The van der Waals surface area contributed by atoms with Gasteiger partial charge in [-0.05, 0) is 60.0 Å². The van der Waals surface area contributed by atoms with Crippen molar-refractivity contribution in [2.45, 2.75) is 50.5 Å². The van der Waals surface area contributed by atoms with Crippen LogP contribution in [0.3, 0.4) is 0 Å². The molecule has 1 N–H and O–H groups in total. The van der Waals surface area contributed by atoms with E-state index in [1.54, 1.807) is 11.3 Å². The normalized spacial score (nSPS) is 15.5. The molecule has 23 heavy (non-hydrogen) atoms. The van der Waals surface area contributed by atoms with Gasteiger partial charge in [-0.15, -0.1) is 11.3 Å². The lowest BCUT2D eigenvalue weighted by Crippen LogP contribution is -2.35. The van der Waals surface area contributed by atoms with E-state index in [-0.39, 0.29) is 4.51 Å². The summed E-state index contributed by atoms with van der Waals surface area (Å²) in [4.78, 5) is 3.25. The fourth-order valence-electron chi connectivity index (χ4n) is 2.76. The molecule has 0 radical (unpaired) electrons. The Morgan fingerprint density at radius 3 is 2.83 bits per heavy atom. The van der Waals surface area contributed by atoms with Gasteiger partial charge >= 0.3 is 0 Å². The molecule has 0 aliphatic carbocycles. The third kappa shape index (κ3) is 5.28. The molecule has 2 atom stereocenters. The van der Waals surface area contributed by atoms with Gasteiger partial charge in [-0.1, -0.05) is 48.2 Å². The number of hydrogen-bond acceptors (Lipinski definition) is 3. The van der Waals surface area contributed by atoms with E-state index in [1.165, 1.54) is 19.3 Å². The number of para-hydroxylation sites is 1. The van der Waals surface area contributed by atoms with E-state index in [2.05, 4.69) is 56.8 Å². The number of H-pyrrole nitrogens is 1. The first-order valence-electron chi connectivity index (χ1n) is 8.03. The summed E-state index contributed by atoms with van der Waals surface area (Å²) in [6.07, 6.45) is 6.00. The third-order valence-electron chi connectivity index (χ3n) is 4.07. The number of rotatable bonds is 9. The van der Waals surface area contributed by atoms with Crippen molar-refractivity contribution in [1.82, 2.24) is 4.98 Å². The van der Waals surface area contributed by atoms with E-state index in [1.807, 2.05) is 12.1 Å². The molecule has 2 unspecified atom stereocenters. The zero-order valence-corrected chi connectivity index (χ0v) is 18.3. The first-order chi connectivity index (χ1) is 11.0. The summed E-state index contributed by atoms with van der Waals surface area (Å²) < 4.78 is 7.93. The number of aromatic amines is 1. The molecule has 0 amide bonds. The fourth-order valence-corrected chi connectivity index (χ4v) is 5.07. The third-order valence-corrected chi connectivity index (χ3v) is 6.54. The summed E-state index contributed by atoms with van der Waals surface area (Å²) in [7, 11) is 0. The van der Waals surface area contributed by atoms with Crippen molar-refractivity contribution in [2.75, 3.05) is 5.33 Å². The van der Waals surface area contributed by atoms with E-state index < -0.39 is 0 Å². The van der Waals surface area contributed by atoms with Crippen molar-refractivity contribution in [3.8, 4) is 5.75 Å². The molecule has 1 aromatic heterocycles. The predicted octanol–water partition coefficient (Wildman–Crippen LogP) is 7.43. The van der Waals surface area contributed by atoms with Crippen molar-refractivity contribution in [3.63, 3.8) is 0 Å². The van der Waals surface area contributed by atoms with Crippen molar-refractivity contribution in [2.24, 2.45) is 5.92 Å². The summed E-state index contributed by atoms with van der Waals surface area (Å²) in [5, 5.41) is 0.986. The Labute approximate surface area is 164 Å². The molecule has 1 heterocycles. The van der Waals surface area contributed by atoms with Crippen molar-refractivity contribution < 1.29 is 4.74 Å². The van der Waals surface area contributed by atoms with Crippen LogP contribution in [0.15, 0.2) is 18.2 Å². The Hall–Kier alpha value is 0.0900. The lowest BCUT2D eigenvalue weighted by molar-refractivity contribution is 0.115. The first-order valence-corrected chi connectivity index (χ1v) is 11.2. The van der Waals surface area contributed by atoms with Gasteiger partial charge in [0.1, 0.15) is 11.3 Å². The number of thiazole rings is 1. The van der Waals surface area contributed by atoms with Gasteiger partial charge in [0.15, 0.2) is 8.46 Å². The lowest BCUT2D eigenvalue weighted by Gasteiger charge is -2.33. The summed E-state index contributed by atoms with van der Waals surface area (Å²) in [6, 6.07) is 6.11. The van der Waals surface area contributed by atoms with Gasteiger partial charge in [0.2, 0.25) is 0 Å². The zero-order valence-electron chi connectivity index (χ0n) is 13.5. The highest BCUT2D eigenvalue weighted by Gasteiger charge is 2.33. The van der Waals surface area contributed by atoms with E-state index in [0.717, 1.165) is 38.1 Å². The Balaban J connectivity index is 2.20. The standard InChI is InChI=1S/C17H23Br2NOS2/c1-3-4-5-7-12(10-11-18)17(2,19)21-13-8-6-9-14-15(13)20-16(22)23-14/h6,8-9,12H,3-5,7,10-11H2,1-2H3,(H,20,22).